The number of alkyl carbamates (subject to hydrolysis) is 1. The Hall–Kier alpha value is -3.39. The van der Waals surface area contributed by atoms with Gasteiger partial charge in [0.1, 0.15) is 0 Å². The fourth-order valence-electron chi connectivity index (χ4n) is 2.11. The normalized spacial score (nSPS) is 14.6. The molecule has 14 heteroatoms. The predicted molar refractivity (Wildman–Crippen MR) is 96.7 cm³/mol. The number of amides is 3. The summed E-state index contributed by atoms with van der Waals surface area (Å²) >= 11 is 0. The number of halogens is 2. The van der Waals surface area contributed by atoms with Gasteiger partial charge in [0, 0.05) is 5.57 Å². The van der Waals surface area contributed by atoms with Crippen molar-refractivity contribution in [2.24, 2.45) is 0 Å². The molecule has 0 fully saturated rings. The van der Waals surface area contributed by atoms with E-state index in [4.69, 9.17) is 0 Å². The zero-order valence-electron chi connectivity index (χ0n) is 16.1. The number of carbonyl (C=O) groups excluding carboxylic acids is 4. The molecule has 0 spiro atoms. The monoisotopic (exact) mass is 462 g/mol. The number of hydroxylamine groups is 2. The van der Waals surface area contributed by atoms with Crippen molar-refractivity contribution in [1.29, 1.82) is 0 Å². The van der Waals surface area contributed by atoms with E-state index in [1.807, 2.05) is 5.32 Å². The van der Waals surface area contributed by atoms with Crippen LogP contribution in [0.1, 0.15) is 34.6 Å². The molecule has 0 bridgehead atoms. The lowest BCUT2D eigenvalue weighted by atomic mass is 10.1. The number of esters is 1. The maximum Gasteiger partial charge on any atom is 0.410 e. The molecule has 1 atom stereocenters. The molecule has 1 aromatic rings. The van der Waals surface area contributed by atoms with Gasteiger partial charge in [0.25, 0.3) is 11.8 Å². The summed E-state index contributed by atoms with van der Waals surface area (Å²) in [5, 5.41) is -3.31. The largest absolute Gasteiger partial charge is 0.442 e. The molecule has 0 saturated carbocycles. The van der Waals surface area contributed by atoms with Gasteiger partial charge in [-0.2, -0.15) is 17.2 Å². The summed E-state index contributed by atoms with van der Waals surface area (Å²) in [6, 6.07) is 5.10. The van der Waals surface area contributed by atoms with Crippen LogP contribution in [0.15, 0.2) is 36.4 Å². The molecule has 11 nitrogen and oxygen atoms in total. The van der Waals surface area contributed by atoms with Crippen LogP contribution >= 0.6 is 0 Å². The minimum Gasteiger partial charge on any atom is -0.442 e. The number of nitrogens with zero attached hydrogens (tertiary/aromatic N) is 1. The fraction of sp³-hybridized carbons (Fsp3) is 0.294. The van der Waals surface area contributed by atoms with Crippen LogP contribution in [0, 0.1) is 0 Å². The molecule has 1 aromatic carbocycles. The van der Waals surface area contributed by atoms with Gasteiger partial charge in [0.15, 0.2) is 12.8 Å². The van der Waals surface area contributed by atoms with Crippen molar-refractivity contribution in [3.05, 3.63) is 47.5 Å². The van der Waals surface area contributed by atoms with Crippen molar-refractivity contribution in [2.75, 3.05) is 6.61 Å². The number of fused-ring (bicyclic) bond motifs is 1. The zero-order valence-corrected chi connectivity index (χ0v) is 16.9. The predicted octanol–water partition coefficient (Wildman–Crippen LogP) is 1.33. The first-order valence-corrected chi connectivity index (χ1v) is 9.77. The van der Waals surface area contributed by atoms with Gasteiger partial charge in [-0.15, -0.1) is 9.35 Å². The van der Waals surface area contributed by atoms with Crippen LogP contribution in [-0.2, 0) is 28.7 Å². The molecule has 0 radical (unpaired) electrons. The van der Waals surface area contributed by atoms with E-state index in [9.17, 15) is 36.4 Å². The molecule has 3 amide bonds. The van der Waals surface area contributed by atoms with Gasteiger partial charge in [-0.1, -0.05) is 18.7 Å². The van der Waals surface area contributed by atoms with Gasteiger partial charge in [0.2, 0.25) is 0 Å². The summed E-state index contributed by atoms with van der Waals surface area (Å²) in [6.45, 7) is 3.77. The lowest BCUT2D eigenvalue weighted by Gasteiger charge is -2.20. The number of benzene rings is 1. The van der Waals surface area contributed by atoms with Gasteiger partial charge in [-0.3, -0.25) is 14.9 Å². The topological polar surface area (TPSA) is 145 Å². The first-order valence-electron chi connectivity index (χ1n) is 8.36. The second-order valence-corrected chi connectivity index (χ2v) is 7.82. The van der Waals surface area contributed by atoms with E-state index in [0.717, 1.165) is 0 Å². The smallest absolute Gasteiger partial charge is 0.410 e. The Balaban J connectivity index is 1.99. The maximum absolute atomic E-state index is 14.1. The number of nitrogens with one attached hydrogen (secondary N) is 1. The van der Waals surface area contributed by atoms with Crippen molar-refractivity contribution < 1.29 is 50.1 Å². The SMILES string of the molecule is C=C(C)C(=O)OC(C)NC(=O)OCC(F)(F)S(=O)(=O)ON1C(=O)c2ccccc2C1=O. The Labute approximate surface area is 174 Å². The number of hydrogen-bond acceptors (Lipinski definition) is 9. The number of ether oxygens (including phenoxy) is 2. The Morgan fingerprint density at radius 2 is 1.71 bits per heavy atom. The summed E-state index contributed by atoms with van der Waals surface area (Å²) in [7, 11) is -5.93. The van der Waals surface area contributed by atoms with Gasteiger partial charge in [-0.05, 0) is 26.0 Å². The Morgan fingerprint density at radius 3 is 2.19 bits per heavy atom. The quantitative estimate of drug-likeness (QED) is 0.262. The molecule has 2 rings (SSSR count). The maximum atomic E-state index is 14.1. The minimum atomic E-state index is -5.93. The van der Waals surface area contributed by atoms with Crippen LogP contribution in [0.25, 0.3) is 0 Å². The van der Waals surface area contributed by atoms with Gasteiger partial charge >= 0.3 is 27.4 Å². The molecule has 0 aromatic heterocycles. The molecule has 1 N–H and O–H groups in total. The van der Waals surface area contributed by atoms with E-state index in [0.29, 0.717) is 0 Å². The molecular formula is C17H16F2N2O9S. The van der Waals surface area contributed by atoms with E-state index < -0.39 is 52.1 Å². The Bertz CT molecular complexity index is 1020. The zero-order chi connectivity index (χ0) is 23.6. The van der Waals surface area contributed by atoms with E-state index in [2.05, 4.69) is 20.3 Å². The second kappa shape index (κ2) is 8.77. The highest BCUT2D eigenvalue weighted by Crippen LogP contribution is 2.29. The van der Waals surface area contributed by atoms with Crippen molar-refractivity contribution in [2.45, 2.75) is 25.3 Å². The van der Waals surface area contributed by atoms with Crippen LogP contribution in [0.2, 0.25) is 0 Å². The highest BCUT2D eigenvalue weighted by atomic mass is 32.2. The van der Waals surface area contributed by atoms with Crippen molar-refractivity contribution >= 4 is 34.0 Å². The van der Waals surface area contributed by atoms with Gasteiger partial charge < -0.3 is 9.47 Å². The molecule has 1 aliphatic rings. The van der Waals surface area contributed by atoms with Crippen LogP contribution in [0.5, 0.6) is 0 Å². The summed E-state index contributed by atoms with van der Waals surface area (Å²) < 4.78 is 64.8. The molecule has 1 aliphatic heterocycles. The van der Waals surface area contributed by atoms with Crippen LogP contribution in [0.3, 0.4) is 0 Å². The first kappa shape index (κ1) is 23.9. The van der Waals surface area contributed by atoms with Crippen molar-refractivity contribution in [3.63, 3.8) is 0 Å². The van der Waals surface area contributed by atoms with Gasteiger partial charge in [0.05, 0.1) is 11.1 Å². The lowest BCUT2D eigenvalue weighted by Crippen LogP contribution is -2.44. The Kier molecular flexibility index (Phi) is 6.76. The highest BCUT2D eigenvalue weighted by molar-refractivity contribution is 7.87. The average Bonchev–Trinajstić information content (AvgIpc) is 2.91. The van der Waals surface area contributed by atoms with Gasteiger partial charge in [-0.25, -0.2) is 9.59 Å². The van der Waals surface area contributed by atoms with Crippen LogP contribution in [-0.4, -0.2) is 55.4 Å². The van der Waals surface area contributed by atoms with E-state index in [1.54, 1.807) is 0 Å². The highest BCUT2D eigenvalue weighted by Gasteiger charge is 2.52. The summed E-state index contributed by atoms with van der Waals surface area (Å²) in [4.78, 5) is 47.0. The number of hydrogen-bond donors (Lipinski definition) is 1. The van der Waals surface area contributed by atoms with Crippen LogP contribution < -0.4 is 5.32 Å². The second-order valence-electron chi connectivity index (χ2n) is 6.16. The van der Waals surface area contributed by atoms with Crippen molar-refractivity contribution in [1.82, 2.24) is 10.4 Å². The standard InChI is InChI=1S/C17H16F2N2O9S/c1-9(2)15(24)29-10(3)20-16(25)28-8-17(18,19)31(26,27)30-21-13(22)11-6-4-5-7-12(11)14(21)23/h4-7,10H,1,8H2,2-3H3,(H,20,25). The molecule has 168 valence electrons. The molecular weight excluding hydrogens is 446 g/mol. The number of alkyl halides is 2. The minimum absolute atomic E-state index is 0.00458. The van der Waals surface area contributed by atoms with Crippen molar-refractivity contribution in [3.8, 4) is 0 Å². The van der Waals surface area contributed by atoms with E-state index in [1.165, 1.54) is 38.1 Å². The molecule has 0 aliphatic carbocycles. The molecule has 1 unspecified atom stereocenters. The third-order valence-electron chi connectivity index (χ3n) is 3.62. The summed E-state index contributed by atoms with van der Waals surface area (Å²) in [6.07, 6.45) is -2.85. The van der Waals surface area contributed by atoms with E-state index >= 15 is 0 Å². The summed E-state index contributed by atoms with van der Waals surface area (Å²) in [5.41, 5.74) is -0.468. The number of carbonyl (C=O) groups is 4. The van der Waals surface area contributed by atoms with E-state index in [-0.39, 0.29) is 21.8 Å². The lowest BCUT2D eigenvalue weighted by molar-refractivity contribution is -0.144. The molecule has 31 heavy (non-hydrogen) atoms. The fourth-order valence-corrected chi connectivity index (χ4v) is 2.75. The molecule has 1 heterocycles. The number of imide groups is 1. The molecule has 0 saturated heterocycles. The summed E-state index contributed by atoms with van der Waals surface area (Å²) in [5.74, 6) is -3.39. The average molecular weight is 462 g/mol. The Morgan fingerprint density at radius 1 is 1.19 bits per heavy atom. The first-order chi connectivity index (χ1) is 14.3. The third kappa shape index (κ3) is 5.21. The third-order valence-corrected chi connectivity index (χ3v) is 4.81. The van der Waals surface area contributed by atoms with Crippen LogP contribution in [0.4, 0.5) is 13.6 Å². The number of rotatable bonds is 8.